The molecular weight excluding hydrogens is 403 g/mol. The number of hydrogen-bond donors (Lipinski definition) is 1. The highest BCUT2D eigenvalue weighted by atomic mass is 32.2. The summed E-state index contributed by atoms with van der Waals surface area (Å²) in [5.41, 5.74) is 2.10. The van der Waals surface area contributed by atoms with E-state index in [1.165, 1.54) is 41.3 Å². The molecule has 0 fully saturated rings. The molecule has 5 nitrogen and oxygen atoms in total. The van der Waals surface area contributed by atoms with Crippen LogP contribution in [0.4, 0.5) is 10.1 Å². The third kappa shape index (κ3) is 5.52. The predicted octanol–water partition coefficient (Wildman–Crippen LogP) is 4.15. The fourth-order valence-electron chi connectivity index (χ4n) is 2.95. The largest absolute Gasteiger partial charge is 0.308 e. The maximum atomic E-state index is 13.3. The summed E-state index contributed by atoms with van der Waals surface area (Å²) in [6, 6.07) is 21.0. The minimum absolute atomic E-state index is 0.163. The molecule has 0 unspecified atom stereocenters. The summed E-state index contributed by atoms with van der Waals surface area (Å²) in [6.07, 6.45) is 0.390. The molecule has 3 rings (SSSR count). The van der Waals surface area contributed by atoms with Gasteiger partial charge in [-0.25, -0.2) is 17.5 Å². The first kappa shape index (κ1) is 21.7. The van der Waals surface area contributed by atoms with E-state index in [1.807, 2.05) is 19.1 Å². The van der Waals surface area contributed by atoms with E-state index in [4.69, 9.17) is 0 Å². The van der Waals surface area contributed by atoms with Gasteiger partial charge in [-0.1, -0.05) is 35.9 Å². The zero-order valence-electron chi connectivity index (χ0n) is 16.6. The summed E-state index contributed by atoms with van der Waals surface area (Å²) < 4.78 is 40.6. The number of anilines is 1. The molecule has 3 aromatic rings. The Balaban J connectivity index is 1.70. The number of carbonyl (C=O) groups is 1. The molecule has 0 heterocycles. The Kier molecular flexibility index (Phi) is 6.97. The lowest BCUT2D eigenvalue weighted by Gasteiger charge is -2.23. The fourth-order valence-corrected chi connectivity index (χ4v) is 4.04. The highest BCUT2D eigenvalue weighted by Crippen LogP contribution is 2.19. The van der Waals surface area contributed by atoms with E-state index < -0.39 is 15.8 Å². The van der Waals surface area contributed by atoms with Crippen LogP contribution in [0.1, 0.15) is 22.3 Å². The van der Waals surface area contributed by atoms with Gasteiger partial charge < -0.3 is 4.90 Å². The number of nitrogens with one attached hydrogen (secondary N) is 1. The van der Waals surface area contributed by atoms with Crippen LogP contribution >= 0.6 is 0 Å². The van der Waals surface area contributed by atoms with E-state index in [9.17, 15) is 17.6 Å². The second-order valence-electron chi connectivity index (χ2n) is 6.86. The number of carbonyl (C=O) groups excluding carboxylic acids is 1. The first-order valence-electron chi connectivity index (χ1n) is 9.56. The number of hydrogen-bond acceptors (Lipinski definition) is 3. The van der Waals surface area contributed by atoms with Crippen LogP contribution in [-0.2, 0) is 10.0 Å². The van der Waals surface area contributed by atoms with E-state index in [0.717, 1.165) is 5.56 Å². The van der Waals surface area contributed by atoms with Crippen molar-refractivity contribution in [3.8, 4) is 0 Å². The minimum Gasteiger partial charge on any atom is -0.308 e. The van der Waals surface area contributed by atoms with E-state index in [1.54, 1.807) is 30.3 Å². The average molecular weight is 427 g/mol. The summed E-state index contributed by atoms with van der Waals surface area (Å²) in [5.74, 6) is -0.621. The standard InChI is InChI=1S/C23H23FN2O3S/c1-18-8-10-19(11-9-18)23(27)26(21-14-12-20(24)13-15-21)17-5-16-25-30(28,29)22-6-3-2-4-7-22/h2-4,6-15,25H,5,16-17H2,1H3. The normalized spacial score (nSPS) is 11.3. The van der Waals surface area contributed by atoms with Gasteiger partial charge in [0.25, 0.3) is 5.91 Å². The Morgan fingerprint density at radius 3 is 2.20 bits per heavy atom. The van der Waals surface area contributed by atoms with Gasteiger partial charge in [0, 0.05) is 24.3 Å². The molecule has 7 heteroatoms. The van der Waals surface area contributed by atoms with Gasteiger partial charge in [0.05, 0.1) is 4.90 Å². The number of sulfonamides is 1. The molecule has 0 saturated carbocycles. The van der Waals surface area contributed by atoms with Crippen molar-refractivity contribution >= 4 is 21.6 Å². The number of halogens is 1. The minimum atomic E-state index is -3.61. The van der Waals surface area contributed by atoms with Crippen LogP contribution < -0.4 is 9.62 Å². The van der Waals surface area contributed by atoms with Crippen LogP contribution in [0, 0.1) is 12.7 Å². The molecular formula is C23H23FN2O3S. The summed E-state index contributed by atoms with van der Waals surface area (Å²) in [5, 5.41) is 0. The molecule has 1 N–H and O–H groups in total. The Hall–Kier alpha value is -3.03. The molecule has 156 valence electrons. The second-order valence-corrected chi connectivity index (χ2v) is 8.63. The Labute approximate surface area is 176 Å². The molecule has 0 saturated heterocycles. The number of nitrogens with zero attached hydrogens (tertiary/aromatic N) is 1. The van der Waals surface area contributed by atoms with Gasteiger partial charge in [-0.3, -0.25) is 4.79 Å². The smallest absolute Gasteiger partial charge is 0.258 e. The monoisotopic (exact) mass is 426 g/mol. The van der Waals surface area contributed by atoms with Crippen LogP contribution in [0.15, 0.2) is 83.8 Å². The van der Waals surface area contributed by atoms with Crippen molar-refractivity contribution in [1.29, 1.82) is 0 Å². The molecule has 3 aromatic carbocycles. The molecule has 0 spiro atoms. The first-order valence-corrected chi connectivity index (χ1v) is 11.0. The van der Waals surface area contributed by atoms with Crippen molar-refractivity contribution in [3.63, 3.8) is 0 Å². The van der Waals surface area contributed by atoms with Crippen molar-refractivity contribution < 1.29 is 17.6 Å². The van der Waals surface area contributed by atoms with Crippen molar-refractivity contribution in [2.24, 2.45) is 0 Å². The van der Waals surface area contributed by atoms with Crippen molar-refractivity contribution in [2.45, 2.75) is 18.2 Å². The van der Waals surface area contributed by atoms with E-state index in [2.05, 4.69) is 4.72 Å². The van der Waals surface area contributed by atoms with E-state index >= 15 is 0 Å². The van der Waals surface area contributed by atoms with Gasteiger partial charge in [0.2, 0.25) is 10.0 Å². The fraction of sp³-hybridized carbons (Fsp3) is 0.174. The molecule has 0 aliphatic carbocycles. The third-order valence-corrected chi connectivity index (χ3v) is 6.06. The lowest BCUT2D eigenvalue weighted by Crippen LogP contribution is -2.34. The van der Waals surface area contributed by atoms with Crippen LogP contribution in [0.5, 0.6) is 0 Å². The van der Waals surface area contributed by atoms with Crippen LogP contribution in [0.3, 0.4) is 0 Å². The van der Waals surface area contributed by atoms with Gasteiger partial charge >= 0.3 is 0 Å². The number of rotatable bonds is 8. The zero-order chi connectivity index (χ0) is 21.6. The van der Waals surface area contributed by atoms with Crippen LogP contribution in [-0.4, -0.2) is 27.4 Å². The molecule has 0 aromatic heterocycles. The van der Waals surface area contributed by atoms with Crippen LogP contribution in [0.25, 0.3) is 0 Å². The highest BCUT2D eigenvalue weighted by molar-refractivity contribution is 7.89. The van der Waals surface area contributed by atoms with Crippen molar-refractivity contribution in [3.05, 3.63) is 95.8 Å². The molecule has 0 aliphatic heterocycles. The van der Waals surface area contributed by atoms with Gasteiger partial charge in [-0.2, -0.15) is 0 Å². The lowest BCUT2D eigenvalue weighted by molar-refractivity contribution is 0.0986. The molecule has 1 amide bonds. The van der Waals surface area contributed by atoms with E-state index in [0.29, 0.717) is 17.7 Å². The number of benzene rings is 3. The summed E-state index contributed by atoms with van der Waals surface area (Å²) in [4.78, 5) is 14.8. The molecule has 0 atom stereocenters. The Morgan fingerprint density at radius 1 is 0.933 bits per heavy atom. The maximum Gasteiger partial charge on any atom is 0.258 e. The lowest BCUT2D eigenvalue weighted by atomic mass is 10.1. The quantitative estimate of drug-likeness (QED) is 0.551. The van der Waals surface area contributed by atoms with Gasteiger partial charge in [-0.15, -0.1) is 0 Å². The third-order valence-electron chi connectivity index (χ3n) is 4.59. The number of aryl methyl sites for hydroxylation is 1. The zero-order valence-corrected chi connectivity index (χ0v) is 17.4. The topological polar surface area (TPSA) is 66.5 Å². The van der Waals surface area contributed by atoms with Gasteiger partial charge in [-0.05, 0) is 61.9 Å². The average Bonchev–Trinajstić information content (AvgIpc) is 2.75. The number of amides is 1. The van der Waals surface area contributed by atoms with Crippen molar-refractivity contribution in [1.82, 2.24) is 4.72 Å². The molecule has 30 heavy (non-hydrogen) atoms. The first-order chi connectivity index (χ1) is 14.4. The molecule has 0 bridgehead atoms. The van der Waals surface area contributed by atoms with E-state index in [-0.39, 0.29) is 23.9 Å². The Morgan fingerprint density at radius 2 is 1.57 bits per heavy atom. The highest BCUT2D eigenvalue weighted by Gasteiger charge is 2.18. The summed E-state index contributed by atoms with van der Waals surface area (Å²) in [6.45, 7) is 2.37. The van der Waals surface area contributed by atoms with Crippen molar-refractivity contribution in [2.75, 3.05) is 18.0 Å². The summed E-state index contributed by atoms with van der Waals surface area (Å²) >= 11 is 0. The van der Waals surface area contributed by atoms with Crippen LogP contribution in [0.2, 0.25) is 0 Å². The van der Waals surface area contributed by atoms with Gasteiger partial charge in [0.15, 0.2) is 0 Å². The second kappa shape index (κ2) is 9.65. The molecule has 0 radical (unpaired) electrons. The SMILES string of the molecule is Cc1ccc(C(=O)N(CCCNS(=O)(=O)c2ccccc2)c2ccc(F)cc2)cc1. The maximum absolute atomic E-state index is 13.3. The summed E-state index contributed by atoms with van der Waals surface area (Å²) in [7, 11) is -3.61. The predicted molar refractivity (Wildman–Crippen MR) is 116 cm³/mol. The molecule has 0 aliphatic rings. The van der Waals surface area contributed by atoms with Gasteiger partial charge in [0.1, 0.15) is 5.82 Å². The Bertz CT molecular complexity index is 1080.